The zero-order chi connectivity index (χ0) is 13.8. The number of ether oxygens (including phenoxy) is 1. The number of nitrogen functional groups attached to an aromatic ring is 1. The second kappa shape index (κ2) is 5.91. The minimum Gasteiger partial charge on any atom is -0.491 e. The van der Waals surface area contributed by atoms with Gasteiger partial charge in [-0.25, -0.2) is 4.39 Å². The predicted molar refractivity (Wildman–Crippen MR) is 71.4 cm³/mol. The Kier molecular flexibility index (Phi) is 4.78. The van der Waals surface area contributed by atoms with Crippen molar-refractivity contribution in [2.75, 3.05) is 24.3 Å². The quantitative estimate of drug-likeness (QED) is 0.684. The van der Waals surface area contributed by atoms with Gasteiger partial charge >= 0.3 is 0 Å². The Balaban J connectivity index is 2.98. The molecule has 1 rings (SSSR count). The van der Waals surface area contributed by atoms with Gasteiger partial charge in [-0.05, 0) is 27.2 Å². The molecule has 102 valence electrons. The summed E-state index contributed by atoms with van der Waals surface area (Å²) in [6.45, 7) is 6.12. The molecule has 5 heteroatoms. The van der Waals surface area contributed by atoms with E-state index in [4.69, 9.17) is 15.6 Å². The summed E-state index contributed by atoms with van der Waals surface area (Å²) in [6, 6.07) is 2.79. The molecule has 0 fully saturated rings. The van der Waals surface area contributed by atoms with Gasteiger partial charge in [0, 0.05) is 24.3 Å². The first-order valence-corrected chi connectivity index (χ1v) is 6.00. The van der Waals surface area contributed by atoms with E-state index in [0.29, 0.717) is 24.4 Å². The van der Waals surface area contributed by atoms with Crippen LogP contribution < -0.4 is 15.8 Å². The number of anilines is 2. The number of benzene rings is 1. The lowest BCUT2D eigenvalue weighted by Gasteiger charge is -2.27. The van der Waals surface area contributed by atoms with E-state index in [1.807, 2.05) is 13.8 Å². The minimum absolute atomic E-state index is 0.0689. The van der Waals surface area contributed by atoms with Crippen LogP contribution in [0.2, 0.25) is 0 Å². The molecule has 18 heavy (non-hydrogen) atoms. The van der Waals surface area contributed by atoms with E-state index >= 15 is 0 Å². The molecule has 0 aliphatic heterocycles. The largest absolute Gasteiger partial charge is 0.491 e. The van der Waals surface area contributed by atoms with Crippen LogP contribution in [-0.4, -0.2) is 23.9 Å². The molecule has 0 saturated carbocycles. The standard InChI is InChI=1S/C13H21FN2O2/c1-4-18-12-8-11(10(15)7-9(12)14)16-13(2,3)5-6-17/h7-8,16-17H,4-6,15H2,1-3H3. The smallest absolute Gasteiger partial charge is 0.167 e. The maximum absolute atomic E-state index is 13.5. The van der Waals surface area contributed by atoms with Crippen molar-refractivity contribution in [3.05, 3.63) is 17.9 Å². The Labute approximate surface area is 107 Å². The third-order valence-electron chi connectivity index (χ3n) is 2.61. The van der Waals surface area contributed by atoms with E-state index in [9.17, 15) is 4.39 Å². The van der Waals surface area contributed by atoms with E-state index in [-0.39, 0.29) is 17.9 Å². The third-order valence-corrected chi connectivity index (χ3v) is 2.61. The maximum Gasteiger partial charge on any atom is 0.167 e. The van der Waals surface area contributed by atoms with Crippen LogP contribution in [0.15, 0.2) is 12.1 Å². The van der Waals surface area contributed by atoms with Crippen molar-refractivity contribution in [1.29, 1.82) is 0 Å². The molecule has 0 atom stereocenters. The number of nitrogens with two attached hydrogens (primary N) is 1. The van der Waals surface area contributed by atoms with Gasteiger partial charge in [-0.15, -0.1) is 0 Å². The number of nitrogens with one attached hydrogen (secondary N) is 1. The van der Waals surface area contributed by atoms with Crippen molar-refractivity contribution in [2.45, 2.75) is 32.7 Å². The lowest BCUT2D eigenvalue weighted by Crippen LogP contribution is -2.32. The number of aliphatic hydroxyl groups is 1. The fourth-order valence-corrected chi connectivity index (χ4v) is 1.65. The summed E-state index contributed by atoms with van der Waals surface area (Å²) in [5.41, 5.74) is 6.37. The molecule has 1 aromatic rings. The highest BCUT2D eigenvalue weighted by atomic mass is 19.1. The fraction of sp³-hybridized carbons (Fsp3) is 0.538. The maximum atomic E-state index is 13.5. The fourth-order valence-electron chi connectivity index (χ4n) is 1.65. The first-order valence-electron chi connectivity index (χ1n) is 6.00. The number of hydrogen-bond donors (Lipinski definition) is 3. The molecule has 4 nitrogen and oxygen atoms in total. The van der Waals surface area contributed by atoms with Crippen LogP contribution in [0.5, 0.6) is 5.75 Å². The molecule has 0 bridgehead atoms. The Hall–Kier alpha value is -1.49. The van der Waals surface area contributed by atoms with Crippen LogP contribution in [0.4, 0.5) is 15.8 Å². The normalized spacial score (nSPS) is 11.4. The van der Waals surface area contributed by atoms with Crippen LogP contribution in [0.1, 0.15) is 27.2 Å². The second-order valence-electron chi connectivity index (χ2n) is 4.79. The second-order valence-corrected chi connectivity index (χ2v) is 4.79. The molecule has 0 unspecified atom stereocenters. The average Bonchev–Trinajstić information content (AvgIpc) is 2.25. The molecule has 0 saturated heterocycles. The highest BCUT2D eigenvalue weighted by Crippen LogP contribution is 2.30. The van der Waals surface area contributed by atoms with E-state index in [1.165, 1.54) is 6.07 Å². The molecule has 4 N–H and O–H groups in total. The summed E-state index contributed by atoms with van der Waals surface area (Å²) >= 11 is 0. The number of hydrogen-bond acceptors (Lipinski definition) is 4. The first-order chi connectivity index (χ1) is 8.39. The van der Waals surface area contributed by atoms with Crippen molar-refractivity contribution in [3.8, 4) is 5.75 Å². The van der Waals surface area contributed by atoms with Crippen molar-refractivity contribution in [1.82, 2.24) is 0 Å². The van der Waals surface area contributed by atoms with Gasteiger partial charge in [0.05, 0.1) is 18.0 Å². The van der Waals surface area contributed by atoms with Crippen LogP contribution in [0, 0.1) is 5.82 Å². The van der Waals surface area contributed by atoms with Gasteiger partial charge in [0.2, 0.25) is 0 Å². The Morgan fingerprint density at radius 2 is 2.11 bits per heavy atom. The van der Waals surface area contributed by atoms with E-state index < -0.39 is 5.82 Å². The van der Waals surface area contributed by atoms with E-state index in [0.717, 1.165) is 0 Å². The highest BCUT2D eigenvalue weighted by molar-refractivity contribution is 5.69. The predicted octanol–water partition coefficient (Wildman–Crippen LogP) is 2.38. The molecule has 0 aliphatic carbocycles. The van der Waals surface area contributed by atoms with Gasteiger partial charge in [0.15, 0.2) is 11.6 Å². The van der Waals surface area contributed by atoms with Gasteiger partial charge in [-0.2, -0.15) is 0 Å². The van der Waals surface area contributed by atoms with Crippen LogP contribution in [0.3, 0.4) is 0 Å². The number of halogens is 1. The molecular weight excluding hydrogens is 235 g/mol. The molecular formula is C13H21FN2O2. The molecule has 0 aliphatic rings. The molecule has 0 radical (unpaired) electrons. The molecule has 0 heterocycles. The summed E-state index contributed by atoms with van der Waals surface area (Å²) in [4.78, 5) is 0. The number of rotatable bonds is 6. The lowest BCUT2D eigenvalue weighted by atomic mass is 10.0. The molecule has 0 aromatic heterocycles. The van der Waals surface area contributed by atoms with Gasteiger partial charge in [0.25, 0.3) is 0 Å². The van der Waals surface area contributed by atoms with Crippen molar-refractivity contribution in [2.24, 2.45) is 0 Å². The van der Waals surface area contributed by atoms with Gasteiger partial charge in [-0.1, -0.05) is 0 Å². The first kappa shape index (κ1) is 14.6. The Morgan fingerprint density at radius 3 is 2.67 bits per heavy atom. The summed E-state index contributed by atoms with van der Waals surface area (Å²) in [7, 11) is 0. The summed E-state index contributed by atoms with van der Waals surface area (Å²) in [5.74, 6) is -0.297. The SMILES string of the molecule is CCOc1cc(NC(C)(C)CCO)c(N)cc1F. The monoisotopic (exact) mass is 256 g/mol. The Bertz CT molecular complexity index is 408. The van der Waals surface area contributed by atoms with Crippen molar-refractivity contribution >= 4 is 11.4 Å². The molecule has 0 amide bonds. The summed E-state index contributed by atoms with van der Waals surface area (Å²) < 4.78 is 18.7. The van der Waals surface area contributed by atoms with Crippen LogP contribution in [0.25, 0.3) is 0 Å². The zero-order valence-electron chi connectivity index (χ0n) is 11.1. The zero-order valence-corrected chi connectivity index (χ0v) is 11.1. The topological polar surface area (TPSA) is 67.5 Å². The summed E-state index contributed by atoms with van der Waals surface area (Å²) in [5, 5.41) is 12.2. The minimum atomic E-state index is -0.472. The van der Waals surface area contributed by atoms with E-state index in [1.54, 1.807) is 13.0 Å². The van der Waals surface area contributed by atoms with Crippen molar-refractivity contribution in [3.63, 3.8) is 0 Å². The number of aliphatic hydroxyl groups excluding tert-OH is 1. The van der Waals surface area contributed by atoms with E-state index in [2.05, 4.69) is 5.32 Å². The molecule has 1 aromatic carbocycles. The van der Waals surface area contributed by atoms with Crippen LogP contribution in [-0.2, 0) is 0 Å². The third kappa shape index (κ3) is 3.77. The summed E-state index contributed by atoms with van der Waals surface area (Å²) in [6.07, 6.45) is 0.563. The van der Waals surface area contributed by atoms with Crippen LogP contribution >= 0.6 is 0 Å². The van der Waals surface area contributed by atoms with Gasteiger partial charge in [-0.3, -0.25) is 0 Å². The van der Waals surface area contributed by atoms with Crippen molar-refractivity contribution < 1.29 is 14.2 Å². The highest BCUT2D eigenvalue weighted by Gasteiger charge is 2.19. The van der Waals surface area contributed by atoms with Gasteiger partial charge < -0.3 is 20.9 Å². The lowest BCUT2D eigenvalue weighted by molar-refractivity contribution is 0.261. The van der Waals surface area contributed by atoms with Gasteiger partial charge in [0.1, 0.15) is 0 Å². The Morgan fingerprint density at radius 1 is 1.44 bits per heavy atom. The average molecular weight is 256 g/mol. The molecule has 0 spiro atoms.